The van der Waals surface area contributed by atoms with Crippen molar-refractivity contribution in [2.75, 3.05) is 5.32 Å². The first kappa shape index (κ1) is 16.0. The number of amides is 1. The molecule has 23 heavy (non-hydrogen) atoms. The van der Waals surface area contributed by atoms with Gasteiger partial charge in [0.2, 0.25) is 0 Å². The third kappa shape index (κ3) is 3.91. The first-order valence-corrected chi connectivity index (χ1v) is 8.53. The second kappa shape index (κ2) is 7.13. The minimum Gasteiger partial charge on any atom is -0.321 e. The summed E-state index contributed by atoms with van der Waals surface area (Å²) in [5, 5.41) is 3.38. The van der Waals surface area contributed by atoms with E-state index in [1.54, 1.807) is 11.8 Å². The van der Waals surface area contributed by atoms with Crippen LogP contribution in [0.15, 0.2) is 47.4 Å². The summed E-state index contributed by atoms with van der Waals surface area (Å²) in [4.78, 5) is 13.3. The van der Waals surface area contributed by atoms with E-state index in [4.69, 9.17) is 0 Å². The van der Waals surface area contributed by atoms with Crippen LogP contribution in [-0.4, -0.2) is 11.2 Å². The van der Waals surface area contributed by atoms with Crippen LogP contribution in [0.3, 0.4) is 0 Å². The van der Waals surface area contributed by atoms with Crippen LogP contribution in [0.1, 0.15) is 36.0 Å². The molecule has 1 fully saturated rings. The van der Waals surface area contributed by atoms with Gasteiger partial charge in [-0.3, -0.25) is 4.79 Å². The lowest BCUT2D eigenvalue weighted by atomic mass is 10.2. The topological polar surface area (TPSA) is 29.1 Å². The molecule has 0 unspecified atom stereocenters. The first-order chi connectivity index (χ1) is 11.1. The summed E-state index contributed by atoms with van der Waals surface area (Å²) >= 11 is 1.77. The molecule has 1 amide bonds. The van der Waals surface area contributed by atoms with Crippen molar-refractivity contribution in [3.63, 3.8) is 0 Å². The number of halogens is 2. The monoisotopic (exact) mass is 333 g/mol. The standard InChI is InChI=1S/C18H17F2NOS/c19-14-10-9-12(11-15(14)20)18(22)21-16-7-3-4-8-17(16)23-13-5-1-2-6-13/h3-4,7-11,13H,1-2,5-6H2,(H,21,22). The lowest BCUT2D eigenvalue weighted by molar-refractivity contribution is 0.102. The lowest BCUT2D eigenvalue weighted by Gasteiger charge is -2.14. The maximum Gasteiger partial charge on any atom is 0.255 e. The van der Waals surface area contributed by atoms with E-state index in [2.05, 4.69) is 5.32 Å². The summed E-state index contributed by atoms with van der Waals surface area (Å²) in [7, 11) is 0. The number of para-hydroxylation sites is 1. The van der Waals surface area contributed by atoms with Crippen molar-refractivity contribution in [1.29, 1.82) is 0 Å². The highest BCUT2D eigenvalue weighted by Gasteiger charge is 2.18. The summed E-state index contributed by atoms with van der Waals surface area (Å²) in [5.41, 5.74) is 0.809. The highest BCUT2D eigenvalue weighted by Crippen LogP contribution is 2.38. The molecular weight excluding hydrogens is 316 g/mol. The first-order valence-electron chi connectivity index (χ1n) is 7.65. The molecule has 0 saturated heterocycles. The third-order valence-electron chi connectivity index (χ3n) is 3.91. The van der Waals surface area contributed by atoms with Gasteiger partial charge in [0.1, 0.15) is 0 Å². The molecule has 0 atom stereocenters. The summed E-state index contributed by atoms with van der Waals surface area (Å²) < 4.78 is 26.2. The Hall–Kier alpha value is -1.88. The lowest BCUT2D eigenvalue weighted by Crippen LogP contribution is -2.13. The van der Waals surface area contributed by atoms with Crippen LogP contribution < -0.4 is 5.32 Å². The number of hydrogen-bond donors (Lipinski definition) is 1. The van der Waals surface area contributed by atoms with Gasteiger partial charge in [0.25, 0.3) is 5.91 Å². The van der Waals surface area contributed by atoms with Crippen molar-refractivity contribution in [3.05, 3.63) is 59.7 Å². The molecule has 120 valence electrons. The SMILES string of the molecule is O=C(Nc1ccccc1SC1CCCC1)c1ccc(F)c(F)c1. The zero-order valence-electron chi connectivity index (χ0n) is 12.5. The van der Waals surface area contributed by atoms with Crippen molar-refractivity contribution in [2.45, 2.75) is 35.8 Å². The fourth-order valence-electron chi connectivity index (χ4n) is 2.69. The van der Waals surface area contributed by atoms with Crippen LogP contribution in [0.2, 0.25) is 0 Å². The van der Waals surface area contributed by atoms with Crippen molar-refractivity contribution in [3.8, 4) is 0 Å². The average molecular weight is 333 g/mol. The third-order valence-corrected chi connectivity index (χ3v) is 5.33. The van der Waals surface area contributed by atoms with Gasteiger partial charge in [-0.05, 0) is 43.2 Å². The maximum absolute atomic E-state index is 13.3. The Bertz CT molecular complexity index is 714. The number of anilines is 1. The van der Waals surface area contributed by atoms with E-state index in [0.717, 1.165) is 17.0 Å². The van der Waals surface area contributed by atoms with E-state index < -0.39 is 17.5 Å². The Kier molecular flexibility index (Phi) is 4.96. The summed E-state index contributed by atoms with van der Waals surface area (Å²) in [6, 6.07) is 10.7. The van der Waals surface area contributed by atoms with E-state index in [9.17, 15) is 13.6 Å². The molecule has 5 heteroatoms. The smallest absolute Gasteiger partial charge is 0.255 e. The van der Waals surface area contributed by atoms with E-state index in [1.807, 2.05) is 24.3 Å². The minimum atomic E-state index is -1.02. The summed E-state index contributed by atoms with van der Waals surface area (Å²) in [6.07, 6.45) is 4.88. The maximum atomic E-state index is 13.3. The van der Waals surface area contributed by atoms with Gasteiger partial charge in [0, 0.05) is 15.7 Å². The van der Waals surface area contributed by atoms with Crippen LogP contribution in [0, 0.1) is 11.6 Å². The van der Waals surface area contributed by atoms with Gasteiger partial charge in [0.15, 0.2) is 11.6 Å². The van der Waals surface area contributed by atoms with Gasteiger partial charge in [0.05, 0.1) is 5.69 Å². The Labute approximate surface area is 138 Å². The van der Waals surface area contributed by atoms with Gasteiger partial charge in [-0.2, -0.15) is 0 Å². The van der Waals surface area contributed by atoms with Gasteiger partial charge >= 0.3 is 0 Å². The molecule has 1 aliphatic rings. The Morgan fingerprint density at radius 2 is 1.78 bits per heavy atom. The van der Waals surface area contributed by atoms with E-state index >= 15 is 0 Å². The summed E-state index contributed by atoms with van der Waals surface area (Å²) in [5.74, 6) is -2.42. The Morgan fingerprint density at radius 3 is 2.52 bits per heavy atom. The highest BCUT2D eigenvalue weighted by atomic mass is 32.2. The quantitative estimate of drug-likeness (QED) is 0.828. The molecule has 2 aromatic rings. The fraction of sp³-hybridized carbons (Fsp3) is 0.278. The van der Waals surface area contributed by atoms with Crippen molar-refractivity contribution >= 4 is 23.4 Å². The molecule has 0 spiro atoms. The predicted molar refractivity (Wildman–Crippen MR) is 88.9 cm³/mol. The van der Waals surface area contributed by atoms with Crippen molar-refractivity contribution < 1.29 is 13.6 Å². The molecule has 0 aliphatic heterocycles. The zero-order chi connectivity index (χ0) is 16.2. The number of thioether (sulfide) groups is 1. The van der Waals surface area contributed by atoms with Crippen LogP contribution in [0.4, 0.5) is 14.5 Å². The molecule has 1 aliphatic carbocycles. The molecule has 0 heterocycles. The second-order valence-corrected chi connectivity index (χ2v) is 6.95. The van der Waals surface area contributed by atoms with Crippen molar-refractivity contribution in [2.24, 2.45) is 0 Å². The predicted octanol–water partition coefficient (Wildman–Crippen LogP) is 5.25. The molecule has 0 radical (unpaired) electrons. The van der Waals surface area contributed by atoms with Gasteiger partial charge in [-0.25, -0.2) is 8.78 Å². The number of benzene rings is 2. The normalized spacial score (nSPS) is 14.9. The number of nitrogens with one attached hydrogen (secondary N) is 1. The minimum absolute atomic E-state index is 0.101. The Morgan fingerprint density at radius 1 is 1.04 bits per heavy atom. The number of rotatable bonds is 4. The van der Waals surface area contributed by atoms with E-state index in [1.165, 1.54) is 31.7 Å². The van der Waals surface area contributed by atoms with Crippen LogP contribution in [0.25, 0.3) is 0 Å². The number of carbonyl (C=O) groups is 1. The highest BCUT2D eigenvalue weighted by molar-refractivity contribution is 8.00. The molecule has 0 aromatic heterocycles. The molecular formula is C18H17F2NOS. The van der Waals surface area contributed by atoms with Crippen LogP contribution >= 0.6 is 11.8 Å². The van der Waals surface area contributed by atoms with Gasteiger partial charge in [-0.15, -0.1) is 11.8 Å². The second-order valence-electron chi connectivity index (χ2n) is 5.60. The summed E-state index contributed by atoms with van der Waals surface area (Å²) in [6.45, 7) is 0. The van der Waals surface area contributed by atoms with E-state index in [-0.39, 0.29) is 5.56 Å². The van der Waals surface area contributed by atoms with E-state index in [0.29, 0.717) is 10.9 Å². The molecule has 2 nitrogen and oxygen atoms in total. The molecule has 1 N–H and O–H groups in total. The van der Waals surface area contributed by atoms with Gasteiger partial charge < -0.3 is 5.32 Å². The largest absolute Gasteiger partial charge is 0.321 e. The Balaban J connectivity index is 1.76. The molecule has 1 saturated carbocycles. The van der Waals surface area contributed by atoms with Crippen molar-refractivity contribution in [1.82, 2.24) is 0 Å². The van der Waals surface area contributed by atoms with Crippen LogP contribution in [-0.2, 0) is 0 Å². The number of carbonyl (C=O) groups excluding carboxylic acids is 1. The molecule has 0 bridgehead atoms. The van der Waals surface area contributed by atoms with Gasteiger partial charge in [-0.1, -0.05) is 25.0 Å². The molecule has 2 aromatic carbocycles. The number of hydrogen-bond acceptors (Lipinski definition) is 2. The average Bonchev–Trinajstić information content (AvgIpc) is 3.05. The zero-order valence-corrected chi connectivity index (χ0v) is 13.3. The molecule has 3 rings (SSSR count). The fourth-order valence-corrected chi connectivity index (χ4v) is 4.02. The van der Waals surface area contributed by atoms with Crippen LogP contribution in [0.5, 0.6) is 0 Å².